The number of nitrogens with one attached hydrogen (secondary N) is 2. The number of carbonyl (C=O) groups is 2. The molecule has 0 spiro atoms. The molecule has 2 N–H and O–H groups in total. The summed E-state index contributed by atoms with van der Waals surface area (Å²) in [5.41, 5.74) is 1.11. The van der Waals surface area contributed by atoms with Gasteiger partial charge in [0.15, 0.2) is 0 Å². The number of piperidine rings is 1. The normalized spacial score (nSPS) is 16.5. The molecule has 1 aliphatic heterocycles. The Morgan fingerprint density at radius 3 is 2.61 bits per heavy atom. The Morgan fingerprint density at radius 1 is 1.21 bits per heavy atom. The van der Waals surface area contributed by atoms with Crippen LogP contribution in [0.5, 0.6) is 0 Å². The van der Waals surface area contributed by atoms with Crippen molar-refractivity contribution < 1.29 is 14.3 Å². The Balaban J connectivity index is 1.59. The van der Waals surface area contributed by atoms with Crippen LogP contribution >= 0.6 is 0 Å². The molecule has 1 aromatic carbocycles. The largest absolute Gasteiger partial charge is 0.382 e. The van der Waals surface area contributed by atoms with Gasteiger partial charge in [0.25, 0.3) is 0 Å². The SMILES string of the molecule is CCOCCCNC(=O)C1CCN(CCC(=O)NC(C)c2ccccc2)CC1. The number of rotatable bonds is 11. The Bertz CT molecular complexity index is 586. The van der Waals surface area contributed by atoms with Crippen molar-refractivity contribution in [3.63, 3.8) is 0 Å². The minimum Gasteiger partial charge on any atom is -0.382 e. The Kier molecular flexibility index (Phi) is 10.0. The van der Waals surface area contributed by atoms with Crippen LogP contribution in [0.1, 0.15) is 51.1 Å². The van der Waals surface area contributed by atoms with Gasteiger partial charge in [-0.3, -0.25) is 9.59 Å². The minimum atomic E-state index is 0.0193. The monoisotopic (exact) mass is 389 g/mol. The van der Waals surface area contributed by atoms with Crippen LogP contribution in [0, 0.1) is 5.92 Å². The molecule has 1 heterocycles. The van der Waals surface area contributed by atoms with Crippen molar-refractivity contribution in [2.75, 3.05) is 39.4 Å². The molecule has 6 heteroatoms. The molecule has 0 aliphatic carbocycles. The summed E-state index contributed by atoms with van der Waals surface area (Å²) < 4.78 is 5.28. The average Bonchev–Trinajstić information content (AvgIpc) is 2.73. The maximum atomic E-state index is 12.2. The number of nitrogens with zero attached hydrogens (tertiary/aromatic N) is 1. The highest BCUT2D eigenvalue weighted by atomic mass is 16.5. The zero-order valence-electron chi connectivity index (χ0n) is 17.3. The van der Waals surface area contributed by atoms with Crippen molar-refractivity contribution in [1.82, 2.24) is 15.5 Å². The predicted octanol–water partition coefficient (Wildman–Crippen LogP) is 2.51. The zero-order chi connectivity index (χ0) is 20.2. The van der Waals surface area contributed by atoms with Gasteiger partial charge in [0.05, 0.1) is 6.04 Å². The van der Waals surface area contributed by atoms with Crippen LogP contribution in [0.15, 0.2) is 30.3 Å². The van der Waals surface area contributed by atoms with E-state index in [1.165, 1.54) is 0 Å². The summed E-state index contributed by atoms with van der Waals surface area (Å²) in [6, 6.07) is 10.0. The molecule has 28 heavy (non-hydrogen) atoms. The molecule has 1 aromatic rings. The number of likely N-dealkylation sites (tertiary alicyclic amines) is 1. The lowest BCUT2D eigenvalue weighted by Gasteiger charge is -2.31. The van der Waals surface area contributed by atoms with E-state index < -0.39 is 0 Å². The smallest absolute Gasteiger partial charge is 0.223 e. The number of benzene rings is 1. The molecule has 156 valence electrons. The predicted molar refractivity (Wildman–Crippen MR) is 111 cm³/mol. The summed E-state index contributed by atoms with van der Waals surface area (Å²) >= 11 is 0. The third kappa shape index (κ3) is 7.98. The number of hydrogen-bond donors (Lipinski definition) is 2. The van der Waals surface area contributed by atoms with Gasteiger partial charge in [-0.15, -0.1) is 0 Å². The van der Waals surface area contributed by atoms with E-state index in [1.54, 1.807) is 0 Å². The molecular formula is C22H35N3O3. The highest BCUT2D eigenvalue weighted by Crippen LogP contribution is 2.18. The van der Waals surface area contributed by atoms with Crippen molar-refractivity contribution >= 4 is 11.8 Å². The average molecular weight is 390 g/mol. The summed E-state index contributed by atoms with van der Waals surface area (Å²) in [7, 11) is 0. The van der Waals surface area contributed by atoms with Gasteiger partial charge in [-0.25, -0.2) is 0 Å². The van der Waals surface area contributed by atoms with Crippen molar-refractivity contribution in [3.05, 3.63) is 35.9 Å². The summed E-state index contributed by atoms with van der Waals surface area (Å²) in [6.45, 7) is 8.56. The van der Waals surface area contributed by atoms with E-state index >= 15 is 0 Å². The van der Waals surface area contributed by atoms with E-state index in [4.69, 9.17) is 4.74 Å². The Hall–Kier alpha value is -1.92. The van der Waals surface area contributed by atoms with Crippen molar-refractivity contribution in [1.29, 1.82) is 0 Å². The van der Waals surface area contributed by atoms with Gasteiger partial charge in [0.2, 0.25) is 11.8 Å². The fraction of sp³-hybridized carbons (Fsp3) is 0.636. The fourth-order valence-electron chi connectivity index (χ4n) is 3.49. The second-order valence-electron chi connectivity index (χ2n) is 7.41. The summed E-state index contributed by atoms with van der Waals surface area (Å²) in [5.74, 6) is 0.325. The molecule has 2 amide bonds. The number of hydrogen-bond acceptors (Lipinski definition) is 4. The van der Waals surface area contributed by atoms with E-state index in [0.29, 0.717) is 19.6 Å². The third-order valence-corrected chi connectivity index (χ3v) is 5.26. The second kappa shape index (κ2) is 12.5. The highest BCUT2D eigenvalue weighted by molar-refractivity contribution is 5.78. The van der Waals surface area contributed by atoms with Gasteiger partial charge in [-0.05, 0) is 51.8 Å². The van der Waals surface area contributed by atoms with Crippen LogP contribution in [0.2, 0.25) is 0 Å². The van der Waals surface area contributed by atoms with Crippen molar-refractivity contribution in [3.8, 4) is 0 Å². The zero-order valence-corrected chi connectivity index (χ0v) is 17.3. The first-order valence-electron chi connectivity index (χ1n) is 10.5. The van der Waals surface area contributed by atoms with Crippen LogP contribution in [0.25, 0.3) is 0 Å². The maximum Gasteiger partial charge on any atom is 0.223 e. The van der Waals surface area contributed by atoms with E-state index in [-0.39, 0.29) is 23.8 Å². The lowest BCUT2D eigenvalue weighted by atomic mass is 9.95. The van der Waals surface area contributed by atoms with Gasteiger partial charge >= 0.3 is 0 Å². The van der Waals surface area contributed by atoms with E-state index in [0.717, 1.165) is 51.1 Å². The van der Waals surface area contributed by atoms with Crippen LogP contribution in [0.4, 0.5) is 0 Å². The first-order valence-corrected chi connectivity index (χ1v) is 10.5. The molecule has 0 saturated carbocycles. The van der Waals surface area contributed by atoms with E-state index in [1.807, 2.05) is 44.2 Å². The van der Waals surface area contributed by atoms with Crippen LogP contribution in [-0.4, -0.2) is 56.1 Å². The lowest BCUT2D eigenvalue weighted by Crippen LogP contribution is -2.42. The molecule has 1 fully saturated rings. The summed E-state index contributed by atoms with van der Waals surface area (Å²) in [6.07, 6.45) is 3.07. The number of amides is 2. The molecular weight excluding hydrogens is 354 g/mol. The second-order valence-corrected chi connectivity index (χ2v) is 7.41. The molecule has 1 saturated heterocycles. The molecule has 0 bridgehead atoms. The number of carbonyl (C=O) groups excluding carboxylic acids is 2. The molecule has 1 unspecified atom stereocenters. The summed E-state index contributed by atoms with van der Waals surface area (Å²) in [5, 5.41) is 6.07. The molecule has 1 aliphatic rings. The van der Waals surface area contributed by atoms with Gasteiger partial charge in [0, 0.05) is 38.6 Å². The lowest BCUT2D eigenvalue weighted by molar-refractivity contribution is -0.127. The molecule has 2 rings (SSSR count). The van der Waals surface area contributed by atoms with Crippen LogP contribution in [0.3, 0.4) is 0 Å². The molecule has 1 atom stereocenters. The molecule has 0 aromatic heterocycles. The Morgan fingerprint density at radius 2 is 1.93 bits per heavy atom. The summed E-state index contributed by atoms with van der Waals surface area (Å²) in [4.78, 5) is 26.7. The van der Waals surface area contributed by atoms with Crippen LogP contribution in [-0.2, 0) is 14.3 Å². The minimum absolute atomic E-state index is 0.0193. The number of ether oxygens (including phenoxy) is 1. The fourth-order valence-corrected chi connectivity index (χ4v) is 3.49. The van der Waals surface area contributed by atoms with Gasteiger partial charge in [-0.1, -0.05) is 30.3 Å². The maximum absolute atomic E-state index is 12.2. The first-order chi connectivity index (χ1) is 13.6. The molecule has 0 radical (unpaired) electrons. The standard InChI is InChI=1S/C22H35N3O3/c1-3-28-17-7-13-23-22(27)20-10-14-25(15-11-20)16-12-21(26)24-18(2)19-8-5-4-6-9-19/h4-6,8-9,18,20H,3,7,10-17H2,1-2H3,(H,23,27)(H,24,26). The van der Waals surface area contributed by atoms with Gasteiger partial charge in [-0.2, -0.15) is 0 Å². The molecule has 6 nitrogen and oxygen atoms in total. The quantitative estimate of drug-likeness (QED) is 0.571. The van der Waals surface area contributed by atoms with Crippen molar-refractivity contribution in [2.45, 2.75) is 45.6 Å². The van der Waals surface area contributed by atoms with E-state index in [2.05, 4.69) is 15.5 Å². The highest BCUT2D eigenvalue weighted by Gasteiger charge is 2.24. The van der Waals surface area contributed by atoms with Gasteiger partial charge in [0.1, 0.15) is 0 Å². The first kappa shape index (κ1) is 22.4. The topological polar surface area (TPSA) is 70.7 Å². The third-order valence-electron chi connectivity index (χ3n) is 5.26. The Labute approximate surface area is 169 Å². The van der Waals surface area contributed by atoms with Gasteiger partial charge < -0.3 is 20.3 Å². The van der Waals surface area contributed by atoms with Crippen LogP contribution < -0.4 is 10.6 Å². The van der Waals surface area contributed by atoms with E-state index in [9.17, 15) is 9.59 Å². The van der Waals surface area contributed by atoms with Crippen molar-refractivity contribution in [2.24, 2.45) is 5.92 Å².